The third-order valence-corrected chi connectivity index (χ3v) is 8.53. The van der Waals surface area contributed by atoms with Crippen molar-refractivity contribution in [2.45, 2.75) is 17.5 Å². The standard InChI is InChI=1S/C32H22ClN3O3/c33-23-10-4-2-8-21(23)30(38)28-27(29(37)20-15-17-34-18-16-20)32(22-9-3-5-11-24(22)35-31(32)39)26-14-13-19-7-1-6-12-25(19)36(26)28/h1-18,26-28H,(H,35,39)/t26-,27-,28+,32-/m1/s1. The lowest BCUT2D eigenvalue weighted by Crippen LogP contribution is -2.51. The number of benzene rings is 3. The number of anilines is 2. The van der Waals surface area contributed by atoms with Crippen molar-refractivity contribution in [3.63, 3.8) is 0 Å². The van der Waals surface area contributed by atoms with Gasteiger partial charge in [-0.1, -0.05) is 72.3 Å². The SMILES string of the molecule is O=C(c1ccccc1Cl)[C@@H]1[C@H](C(=O)c2ccncc2)[C@]2(C(=O)Nc3ccccc32)[C@H]2C=Cc3ccccc3N12. The van der Waals surface area contributed by atoms with Gasteiger partial charge in [-0.2, -0.15) is 0 Å². The second kappa shape index (κ2) is 8.75. The minimum atomic E-state index is -1.36. The predicted octanol–water partition coefficient (Wildman–Crippen LogP) is 5.59. The molecule has 0 saturated carbocycles. The van der Waals surface area contributed by atoms with Crippen LogP contribution in [0.2, 0.25) is 5.02 Å². The molecule has 39 heavy (non-hydrogen) atoms. The Bertz CT molecular complexity index is 1700. The quantitative estimate of drug-likeness (QED) is 0.347. The van der Waals surface area contributed by atoms with Gasteiger partial charge in [-0.15, -0.1) is 0 Å². The summed E-state index contributed by atoms with van der Waals surface area (Å²) in [6, 6.07) is 23.7. The van der Waals surface area contributed by atoms with E-state index in [-0.39, 0.29) is 17.5 Å². The van der Waals surface area contributed by atoms with Gasteiger partial charge in [-0.05, 0) is 47.5 Å². The van der Waals surface area contributed by atoms with Crippen LogP contribution in [-0.2, 0) is 10.2 Å². The number of aromatic nitrogens is 1. The highest BCUT2D eigenvalue weighted by Crippen LogP contribution is 2.58. The number of amides is 1. The van der Waals surface area contributed by atoms with Gasteiger partial charge in [0.2, 0.25) is 5.91 Å². The van der Waals surface area contributed by atoms with Gasteiger partial charge in [-0.25, -0.2) is 0 Å². The number of fused-ring (bicyclic) bond motifs is 6. The van der Waals surface area contributed by atoms with Gasteiger partial charge in [0, 0.05) is 34.9 Å². The normalized spacial score (nSPS) is 24.2. The number of hydrogen-bond acceptors (Lipinski definition) is 5. The molecule has 1 aromatic heterocycles. The van der Waals surface area contributed by atoms with E-state index in [1.807, 2.05) is 65.6 Å². The zero-order valence-corrected chi connectivity index (χ0v) is 21.4. The summed E-state index contributed by atoms with van der Waals surface area (Å²) in [5, 5.41) is 3.33. The first-order valence-electron chi connectivity index (χ1n) is 12.7. The highest BCUT2D eigenvalue weighted by molar-refractivity contribution is 6.34. The molecular formula is C32H22ClN3O3. The summed E-state index contributed by atoms with van der Waals surface area (Å²) < 4.78 is 0. The predicted molar refractivity (Wildman–Crippen MR) is 150 cm³/mol. The molecule has 4 atom stereocenters. The highest BCUT2D eigenvalue weighted by Gasteiger charge is 2.70. The van der Waals surface area contributed by atoms with Gasteiger partial charge in [0.1, 0.15) is 11.5 Å². The number of pyridine rings is 1. The summed E-state index contributed by atoms with van der Waals surface area (Å²) in [6.07, 6.45) is 7.02. The van der Waals surface area contributed by atoms with Crippen LogP contribution in [0.1, 0.15) is 31.8 Å². The smallest absolute Gasteiger partial charge is 0.238 e. The summed E-state index contributed by atoms with van der Waals surface area (Å²) in [4.78, 5) is 49.5. The van der Waals surface area contributed by atoms with Crippen LogP contribution in [-0.4, -0.2) is 34.5 Å². The van der Waals surface area contributed by atoms with E-state index in [1.54, 1.807) is 48.8 Å². The molecule has 0 aliphatic carbocycles. The van der Waals surface area contributed by atoms with Gasteiger partial charge < -0.3 is 10.2 Å². The molecule has 7 rings (SSSR count). The van der Waals surface area contributed by atoms with Crippen molar-refractivity contribution >= 4 is 46.5 Å². The molecule has 1 saturated heterocycles. The maximum atomic E-state index is 14.6. The van der Waals surface area contributed by atoms with Crippen LogP contribution in [0.25, 0.3) is 6.08 Å². The molecule has 4 aromatic rings. The largest absolute Gasteiger partial charge is 0.352 e. The molecule has 0 unspecified atom stereocenters. The molecule has 1 fully saturated rings. The summed E-state index contributed by atoms with van der Waals surface area (Å²) in [6.45, 7) is 0. The Labute approximate surface area is 229 Å². The Balaban J connectivity index is 1.55. The first-order chi connectivity index (χ1) is 19.0. The molecule has 3 aliphatic rings. The monoisotopic (exact) mass is 531 g/mol. The van der Waals surface area contributed by atoms with Crippen LogP contribution in [0.15, 0.2) is 103 Å². The average Bonchev–Trinajstić information content (AvgIpc) is 3.45. The lowest BCUT2D eigenvalue weighted by molar-refractivity contribution is -0.121. The maximum Gasteiger partial charge on any atom is 0.238 e. The molecule has 0 radical (unpaired) electrons. The number of nitrogens with zero attached hydrogens (tertiary/aromatic N) is 2. The van der Waals surface area contributed by atoms with E-state index in [2.05, 4.69) is 10.3 Å². The Hall–Kier alpha value is -4.55. The summed E-state index contributed by atoms with van der Waals surface area (Å²) in [5.74, 6) is -1.95. The van der Waals surface area contributed by atoms with Crippen molar-refractivity contribution in [1.29, 1.82) is 0 Å². The first-order valence-corrected chi connectivity index (χ1v) is 13.1. The van der Waals surface area contributed by atoms with Crippen molar-refractivity contribution in [2.24, 2.45) is 5.92 Å². The van der Waals surface area contributed by atoms with Crippen molar-refractivity contribution in [1.82, 2.24) is 4.98 Å². The number of para-hydroxylation sites is 2. The number of carbonyl (C=O) groups excluding carboxylic acids is 3. The molecule has 190 valence electrons. The van der Waals surface area contributed by atoms with Gasteiger partial charge in [0.25, 0.3) is 0 Å². The maximum absolute atomic E-state index is 14.6. The number of nitrogens with one attached hydrogen (secondary N) is 1. The van der Waals surface area contributed by atoms with Gasteiger partial charge in [0.05, 0.1) is 17.0 Å². The lowest BCUT2D eigenvalue weighted by atomic mass is 9.64. The third-order valence-electron chi connectivity index (χ3n) is 8.20. The molecular weight excluding hydrogens is 510 g/mol. The number of hydrogen-bond donors (Lipinski definition) is 1. The van der Waals surface area contributed by atoms with E-state index in [9.17, 15) is 14.4 Å². The molecule has 3 aromatic carbocycles. The van der Waals surface area contributed by atoms with E-state index >= 15 is 0 Å². The van der Waals surface area contributed by atoms with Gasteiger partial charge in [-0.3, -0.25) is 19.4 Å². The summed E-state index contributed by atoms with van der Waals surface area (Å²) in [7, 11) is 0. The van der Waals surface area contributed by atoms with Crippen LogP contribution < -0.4 is 10.2 Å². The van der Waals surface area contributed by atoms with Gasteiger partial charge in [0.15, 0.2) is 11.6 Å². The molecule has 4 heterocycles. The van der Waals surface area contributed by atoms with Crippen molar-refractivity contribution in [3.05, 3.63) is 131 Å². The van der Waals surface area contributed by atoms with E-state index in [0.29, 0.717) is 27.4 Å². The zero-order valence-electron chi connectivity index (χ0n) is 20.6. The molecule has 6 nitrogen and oxygen atoms in total. The minimum Gasteiger partial charge on any atom is -0.352 e. The average molecular weight is 532 g/mol. The lowest BCUT2D eigenvalue weighted by Gasteiger charge is -2.37. The van der Waals surface area contributed by atoms with Crippen LogP contribution >= 0.6 is 11.6 Å². The van der Waals surface area contributed by atoms with E-state index in [4.69, 9.17) is 11.6 Å². The molecule has 1 N–H and O–H groups in total. The fourth-order valence-corrected chi connectivity index (χ4v) is 6.86. The minimum absolute atomic E-state index is 0.296. The number of Topliss-reactive ketones (excluding diaryl/α,β-unsaturated/α-hetero) is 2. The van der Waals surface area contributed by atoms with Gasteiger partial charge >= 0.3 is 0 Å². The molecule has 3 aliphatic heterocycles. The molecule has 0 bridgehead atoms. The van der Waals surface area contributed by atoms with Crippen LogP contribution in [0.3, 0.4) is 0 Å². The summed E-state index contributed by atoms with van der Waals surface area (Å²) in [5.41, 5.74) is 2.39. The number of halogens is 1. The van der Waals surface area contributed by atoms with Crippen molar-refractivity contribution in [3.8, 4) is 0 Å². The van der Waals surface area contributed by atoms with Crippen molar-refractivity contribution in [2.75, 3.05) is 10.2 Å². The number of carbonyl (C=O) groups is 3. The van der Waals surface area contributed by atoms with E-state index < -0.39 is 23.4 Å². The molecule has 1 spiro atoms. The first kappa shape index (κ1) is 23.6. The number of ketones is 2. The molecule has 7 heteroatoms. The summed E-state index contributed by atoms with van der Waals surface area (Å²) >= 11 is 6.55. The van der Waals surface area contributed by atoms with Crippen molar-refractivity contribution < 1.29 is 14.4 Å². The second-order valence-corrected chi connectivity index (χ2v) is 10.4. The fourth-order valence-electron chi connectivity index (χ4n) is 6.64. The third kappa shape index (κ3) is 3.21. The Morgan fingerprint density at radius 2 is 1.59 bits per heavy atom. The zero-order chi connectivity index (χ0) is 26.7. The Morgan fingerprint density at radius 3 is 2.41 bits per heavy atom. The Kier molecular flexibility index (Phi) is 5.28. The number of rotatable bonds is 4. The van der Waals surface area contributed by atoms with E-state index in [0.717, 1.165) is 11.3 Å². The Morgan fingerprint density at radius 1 is 0.872 bits per heavy atom. The fraction of sp³-hybridized carbons (Fsp3) is 0.125. The van der Waals surface area contributed by atoms with Crippen LogP contribution in [0, 0.1) is 5.92 Å². The second-order valence-electron chi connectivity index (χ2n) is 10.0. The topological polar surface area (TPSA) is 79.4 Å². The highest BCUT2D eigenvalue weighted by atomic mass is 35.5. The van der Waals surface area contributed by atoms with E-state index in [1.165, 1.54) is 0 Å². The van der Waals surface area contributed by atoms with Crippen LogP contribution in [0.4, 0.5) is 11.4 Å². The van der Waals surface area contributed by atoms with Crippen LogP contribution in [0.5, 0.6) is 0 Å². The molecule has 1 amide bonds.